The summed E-state index contributed by atoms with van der Waals surface area (Å²) in [5.74, 6) is -0.910. The molecule has 0 unspecified atom stereocenters. The quantitative estimate of drug-likeness (QED) is 0.331. The van der Waals surface area contributed by atoms with Gasteiger partial charge in [0, 0.05) is 6.92 Å². The maximum absolute atomic E-state index is 11.4. The van der Waals surface area contributed by atoms with Crippen molar-refractivity contribution in [2.75, 3.05) is 0 Å². The monoisotopic (exact) mass is 221 g/mol. The molecule has 0 aliphatic carbocycles. The predicted octanol–water partition coefficient (Wildman–Crippen LogP) is 1.85. The highest BCUT2D eigenvalue weighted by molar-refractivity contribution is 7.78. The first-order chi connectivity index (χ1) is 7.15. The molecule has 0 radical (unpaired) electrons. The first kappa shape index (κ1) is 11.2. The summed E-state index contributed by atoms with van der Waals surface area (Å²) in [5, 5.41) is 1.96. The van der Waals surface area contributed by atoms with Crippen LogP contribution in [-0.2, 0) is 4.79 Å². The number of esters is 1. The van der Waals surface area contributed by atoms with E-state index in [4.69, 9.17) is 4.74 Å². The highest BCUT2D eigenvalue weighted by Gasteiger charge is 2.11. The molecule has 0 N–H and O–H groups in total. The molecule has 4 nitrogen and oxygen atoms in total. The van der Waals surface area contributed by atoms with Crippen LogP contribution in [0.3, 0.4) is 0 Å². The molecule has 15 heavy (non-hydrogen) atoms. The number of aliphatic imine (C=N–C) groups is 1. The Balaban J connectivity index is 3.11. The van der Waals surface area contributed by atoms with Crippen LogP contribution in [-0.4, -0.2) is 17.0 Å². The zero-order valence-corrected chi connectivity index (χ0v) is 8.71. The van der Waals surface area contributed by atoms with Crippen molar-refractivity contribution in [3.05, 3.63) is 29.8 Å². The van der Waals surface area contributed by atoms with Crippen molar-refractivity contribution in [3.8, 4) is 5.75 Å². The van der Waals surface area contributed by atoms with Crippen LogP contribution in [0.25, 0.3) is 0 Å². The molecule has 0 bridgehead atoms. The maximum atomic E-state index is 11.4. The van der Waals surface area contributed by atoms with Crippen LogP contribution in [0.5, 0.6) is 5.75 Å². The van der Waals surface area contributed by atoms with Crippen molar-refractivity contribution < 1.29 is 14.3 Å². The Hall–Kier alpha value is -1.84. The second kappa shape index (κ2) is 5.14. The van der Waals surface area contributed by atoms with Crippen molar-refractivity contribution in [2.45, 2.75) is 6.92 Å². The van der Waals surface area contributed by atoms with Gasteiger partial charge in [0.05, 0.1) is 10.7 Å². The second-order valence-electron chi connectivity index (χ2n) is 2.60. The lowest BCUT2D eigenvalue weighted by Crippen LogP contribution is -2.06. The van der Waals surface area contributed by atoms with Crippen molar-refractivity contribution >= 4 is 29.3 Å². The number of hydrogen-bond donors (Lipinski definition) is 0. The molecule has 0 aliphatic heterocycles. The highest BCUT2D eigenvalue weighted by Crippen LogP contribution is 2.18. The third-order valence-corrected chi connectivity index (χ3v) is 1.61. The summed E-state index contributed by atoms with van der Waals surface area (Å²) < 4.78 is 4.83. The molecular formula is C10H7NO3S. The van der Waals surface area contributed by atoms with E-state index in [0.717, 1.165) is 0 Å². The third kappa shape index (κ3) is 3.09. The molecule has 0 fully saturated rings. The van der Waals surface area contributed by atoms with Crippen LogP contribution >= 0.6 is 12.2 Å². The van der Waals surface area contributed by atoms with Crippen LogP contribution in [0.1, 0.15) is 17.3 Å². The van der Waals surface area contributed by atoms with E-state index in [1.165, 1.54) is 19.1 Å². The van der Waals surface area contributed by atoms with Gasteiger partial charge in [-0.15, -0.1) is 0 Å². The van der Waals surface area contributed by atoms with Gasteiger partial charge in [0.15, 0.2) is 0 Å². The number of ether oxygens (including phenoxy) is 1. The van der Waals surface area contributed by atoms with Crippen LogP contribution in [0.15, 0.2) is 29.3 Å². The van der Waals surface area contributed by atoms with Gasteiger partial charge < -0.3 is 4.74 Å². The molecule has 1 amide bonds. The molecule has 0 atom stereocenters. The summed E-state index contributed by atoms with van der Waals surface area (Å²) in [6.45, 7) is 1.25. The van der Waals surface area contributed by atoms with Crippen molar-refractivity contribution in [1.82, 2.24) is 0 Å². The van der Waals surface area contributed by atoms with Crippen molar-refractivity contribution in [1.29, 1.82) is 0 Å². The fourth-order valence-electron chi connectivity index (χ4n) is 0.989. The first-order valence-electron chi connectivity index (χ1n) is 4.05. The normalized spacial score (nSPS) is 8.87. The van der Waals surface area contributed by atoms with E-state index in [2.05, 4.69) is 17.2 Å². The average molecular weight is 221 g/mol. The van der Waals surface area contributed by atoms with E-state index in [9.17, 15) is 9.59 Å². The lowest BCUT2D eigenvalue weighted by Gasteiger charge is -2.04. The van der Waals surface area contributed by atoms with Gasteiger partial charge in [0.2, 0.25) is 0 Å². The van der Waals surface area contributed by atoms with Crippen molar-refractivity contribution in [3.63, 3.8) is 0 Å². The number of carbonyl (C=O) groups excluding carboxylic acids is 2. The smallest absolute Gasteiger partial charge is 0.308 e. The lowest BCUT2D eigenvalue weighted by molar-refractivity contribution is -0.131. The van der Waals surface area contributed by atoms with Crippen molar-refractivity contribution in [2.24, 2.45) is 4.99 Å². The summed E-state index contributed by atoms with van der Waals surface area (Å²) in [5.41, 5.74) is 0.185. The van der Waals surface area contributed by atoms with Gasteiger partial charge in [-0.1, -0.05) is 12.1 Å². The van der Waals surface area contributed by atoms with Crippen LogP contribution in [0.2, 0.25) is 0 Å². The van der Waals surface area contributed by atoms with Gasteiger partial charge in [-0.3, -0.25) is 9.59 Å². The molecule has 5 heteroatoms. The van der Waals surface area contributed by atoms with Crippen LogP contribution < -0.4 is 4.74 Å². The first-order valence-corrected chi connectivity index (χ1v) is 4.45. The van der Waals surface area contributed by atoms with Gasteiger partial charge in [0.25, 0.3) is 5.91 Å². The Morgan fingerprint density at radius 1 is 1.40 bits per heavy atom. The summed E-state index contributed by atoms with van der Waals surface area (Å²) in [4.78, 5) is 25.4. The zero-order chi connectivity index (χ0) is 11.3. The molecule has 1 aromatic rings. The Morgan fingerprint density at radius 3 is 2.67 bits per heavy atom. The Kier molecular flexibility index (Phi) is 3.85. The average Bonchev–Trinajstić information content (AvgIpc) is 2.18. The topological polar surface area (TPSA) is 55.7 Å². The number of para-hydroxylation sites is 1. The summed E-state index contributed by atoms with van der Waals surface area (Å²) in [6, 6.07) is 6.29. The van der Waals surface area contributed by atoms with E-state index in [1.54, 1.807) is 12.1 Å². The number of amides is 1. The van der Waals surface area contributed by atoms with Crippen LogP contribution in [0.4, 0.5) is 0 Å². The number of rotatable bonds is 2. The Morgan fingerprint density at radius 2 is 2.07 bits per heavy atom. The number of benzene rings is 1. The molecule has 0 saturated heterocycles. The minimum Gasteiger partial charge on any atom is -0.426 e. The molecule has 1 rings (SSSR count). The van der Waals surface area contributed by atoms with Crippen LogP contribution in [0, 0.1) is 0 Å². The highest BCUT2D eigenvalue weighted by atomic mass is 32.1. The Labute approximate surface area is 91.6 Å². The molecule has 0 aromatic heterocycles. The lowest BCUT2D eigenvalue weighted by atomic mass is 10.2. The third-order valence-electron chi connectivity index (χ3n) is 1.52. The molecule has 0 spiro atoms. The minimum absolute atomic E-state index is 0.170. The summed E-state index contributed by atoms with van der Waals surface area (Å²) in [6.07, 6.45) is 0. The van der Waals surface area contributed by atoms with E-state index in [0.29, 0.717) is 0 Å². The number of nitrogens with zero attached hydrogens (tertiary/aromatic N) is 1. The maximum Gasteiger partial charge on any atom is 0.308 e. The fraction of sp³-hybridized carbons (Fsp3) is 0.100. The number of isothiocyanates is 1. The molecule has 0 heterocycles. The standard InChI is InChI=1S/C10H7NO3S/c1-7(12)14-9-5-3-2-4-8(9)10(13)11-6-15/h2-5H,1H3. The minimum atomic E-state index is -0.582. The summed E-state index contributed by atoms with van der Waals surface area (Å²) >= 11 is 4.31. The van der Waals surface area contributed by atoms with Gasteiger partial charge in [-0.05, 0) is 24.4 Å². The van der Waals surface area contributed by atoms with E-state index < -0.39 is 11.9 Å². The van der Waals surface area contributed by atoms with Gasteiger partial charge >= 0.3 is 5.97 Å². The van der Waals surface area contributed by atoms with E-state index in [-0.39, 0.29) is 11.3 Å². The number of carbonyl (C=O) groups is 2. The van der Waals surface area contributed by atoms with Gasteiger partial charge in [-0.25, -0.2) is 0 Å². The Bertz CT molecular complexity index is 450. The largest absolute Gasteiger partial charge is 0.426 e. The fourth-order valence-corrected chi connectivity index (χ4v) is 1.07. The molecule has 0 aliphatic rings. The second-order valence-corrected chi connectivity index (χ2v) is 2.78. The molecule has 0 saturated carbocycles. The molecule has 1 aromatic carbocycles. The van der Waals surface area contributed by atoms with Gasteiger partial charge in [-0.2, -0.15) is 4.99 Å². The number of hydrogen-bond acceptors (Lipinski definition) is 4. The van der Waals surface area contributed by atoms with Gasteiger partial charge in [0.1, 0.15) is 5.75 Å². The number of thiocarbonyl (C=S) groups is 1. The molecular weight excluding hydrogens is 214 g/mol. The SMILES string of the molecule is CC(=O)Oc1ccccc1C(=O)N=C=S. The van der Waals surface area contributed by atoms with E-state index >= 15 is 0 Å². The predicted molar refractivity (Wildman–Crippen MR) is 57.1 cm³/mol. The van der Waals surface area contributed by atoms with E-state index in [1.807, 2.05) is 5.16 Å². The summed E-state index contributed by atoms with van der Waals surface area (Å²) in [7, 11) is 0. The molecule has 76 valence electrons. The zero-order valence-electron chi connectivity index (χ0n) is 7.89.